The molecule has 2 unspecified atom stereocenters. The molecular formula is C18H23NO. The minimum absolute atomic E-state index is 0.225. The monoisotopic (exact) mass is 269 g/mol. The normalized spacial score (nSPS) is 13.9. The predicted octanol–water partition coefficient (Wildman–Crippen LogP) is 3.19. The predicted molar refractivity (Wildman–Crippen MR) is 83.6 cm³/mol. The molecular weight excluding hydrogens is 246 g/mol. The maximum absolute atomic E-state index is 10.5. The number of nitrogens with one attached hydrogen (secondary N) is 1. The van der Waals surface area contributed by atoms with Crippen molar-refractivity contribution in [1.82, 2.24) is 5.32 Å². The molecule has 0 aliphatic carbocycles. The van der Waals surface area contributed by atoms with Gasteiger partial charge in [0.25, 0.3) is 0 Å². The fourth-order valence-electron chi connectivity index (χ4n) is 2.55. The van der Waals surface area contributed by atoms with Crippen LogP contribution in [0.25, 0.3) is 0 Å². The molecule has 0 heterocycles. The van der Waals surface area contributed by atoms with Crippen molar-refractivity contribution in [3.63, 3.8) is 0 Å². The molecule has 0 amide bonds. The molecule has 106 valence electrons. The SMILES string of the molecule is CNCC(CCc1ccccc1)C(O)c1ccccc1. The second-order valence-corrected chi connectivity index (χ2v) is 5.20. The molecule has 2 heteroatoms. The third kappa shape index (κ3) is 4.19. The lowest BCUT2D eigenvalue weighted by atomic mass is 9.90. The highest BCUT2D eigenvalue weighted by Gasteiger charge is 2.19. The molecule has 0 aliphatic heterocycles. The fraction of sp³-hybridized carbons (Fsp3) is 0.333. The quantitative estimate of drug-likeness (QED) is 0.809. The van der Waals surface area contributed by atoms with Crippen molar-refractivity contribution in [2.75, 3.05) is 13.6 Å². The first-order chi connectivity index (χ1) is 9.81. The Bertz CT molecular complexity index is 483. The highest BCUT2D eigenvalue weighted by Crippen LogP contribution is 2.25. The molecule has 0 radical (unpaired) electrons. The standard InChI is InChI=1S/C18H23NO/c1-19-14-17(13-12-15-8-4-2-5-9-15)18(20)16-10-6-3-7-11-16/h2-11,17-20H,12-14H2,1H3. The molecule has 2 N–H and O–H groups in total. The van der Waals surface area contributed by atoms with Crippen LogP contribution in [-0.4, -0.2) is 18.7 Å². The van der Waals surface area contributed by atoms with E-state index in [0.29, 0.717) is 0 Å². The number of hydrogen-bond acceptors (Lipinski definition) is 2. The van der Waals surface area contributed by atoms with E-state index in [4.69, 9.17) is 0 Å². The third-order valence-electron chi connectivity index (χ3n) is 3.70. The van der Waals surface area contributed by atoms with Gasteiger partial charge in [-0.3, -0.25) is 0 Å². The second-order valence-electron chi connectivity index (χ2n) is 5.20. The van der Waals surface area contributed by atoms with Crippen LogP contribution in [-0.2, 0) is 6.42 Å². The molecule has 0 saturated heterocycles. The van der Waals surface area contributed by atoms with Gasteiger partial charge in [0.15, 0.2) is 0 Å². The van der Waals surface area contributed by atoms with Crippen LogP contribution in [0.5, 0.6) is 0 Å². The zero-order valence-corrected chi connectivity index (χ0v) is 12.0. The molecule has 0 aromatic heterocycles. The summed E-state index contributed by atoms with van der Waals surface area (Å²) in [6.07, 6.45) is 1.56. The average Bonchev–Trinajstić information content (AvgIpc) is 2.52. The van der Waals surface area contributed by atoms with Gasteiger partial charge in [-0.05, 0) is 31.0 Å². The van der Waals surface area contributed by atoms with E-state index >= 15 is 0 Å². The molecule has 0 spiro atoms. The first kappa shape index (κ1) is 14.8. The van der Waals surface area contributed by atoms with E-state index in [9.17, 15) is 5.11 Å². The van der Waals surface area contributed by atoms with E-state index in [1.807, 2.05) is 43.4 Å². The molecule has 20 heavy (non-hydrogen) atoms. The van der Waals surface area contributed by atoms with Crippen LogP contribution in [0, 0.1) is 5.92 Å². The molecule has 2 aromatic carbocycles. The van der Waals surface area contributed by atoms with Crippen LogP contribution >= 0.6 is 0 Å². The number of aliphatic hydroxyl groups excluding tert-OH is 1. The summed E-state index contributed by atoms with van der Waals surface area (Å²) in [6.45, 7) is 0.822. The smallest absolute Gasteiger partial charge is 0.0830 e. The summed E-state index contributed by atoms with van der Waals surface area (Å²) < 4.78 is 0. The zero-order valence-electron chi connectivity index (χ0n) is 12.0. The Morgan fingerprint density at radius 1 is 0.950 bits per heavy atom. The molecule has 2 aromatic rings. The number of aliphatic hydroxyl groups is 1. The Labute approximate surface area is 121 Å². The van der Waals surface area contributed by atoms with E-state index in [2.05, 4.69) is 29.6 Å². The summed E-state index contributed by atoms with van der Waals surface area (Å²) in [6, 6.07) is 20.4. The first-order valence-electron chi connectivity index (χ1n) is 7.23. The van der Waals surface area contributed by atoms with Gasteiger partial charge in [-0.2, -0.15) is 0 Å². The van der Waals surface area contributed by atoms with Crippen molar-refractivity contribution in [3.05, 3.63) is 71.8 Å². The van der Waals surface area contributed by atoms with Crippen molar-refractivity contribution in [1.29, 1.82) is 0 Å². The molecule has 0 bridgehead atoms. The van der Waals surface area contributed by atoms with Crippen LogP contribution in [0.15, 0.2) is 60.7 Å². The van der Waals surface area contributed by atoms with E-state index < -0.39 is 6.10 Å². The molecule has 2 rings (SSSR count). The topological polar surface area (TPSA) is 32.3 Å². The molecule has 2 nitrogen and oxygen atoms in total. The lowest BCUT2D eigenvalue weighted by Gasteiger charge is -2.23. The van der Waals surface area contributed by atoms with Crippen LogP contribution in [0.4, 0.5) is 0 Å². The first-order valence-corrected chi connectivity index (χ1v) is 7.23. The Hall–Kier alpha value is -1.64. The van der Waals surface area contributed by atoms with E-state index in [1.54, 1.807) is 0 Å². The van der Waals surface area contributed by atoms with Gasteiger partial charge in [0.1, 0.15) is 0 Å². The molecule has 2 atom stereocenters. The summed E-state index contributed by atoms with van der Waals surface area (Å²) >= 11 is 0. The summed E-state index contributed by atoms with van der Waals surface area (Å²) in [5.41, 5.74) is 2.33. The van der Waals surface area contributed by atoms with Gasteiger partial charge in [-0.25, -0.2) is 0 Å². The van der Waals surface area contributed by atoms with Gasteiger partial charge in [-0.15, -0.1) is 0 Å². The molecule has 0 fully saturated rings. The largest absolute Gasteiger partial charge is 0.388 e. The maximum atomic E-state index is 10.5. The van der Waals surface area contributed by atoms with Crippen LogP contribution in [0.2, 0.25) is 0 Å². The van der Waals surface area contributed by atoms with Gasteiger partial charge in [0, 0.05) is 12.5 Å². The fourth-order valence-corrected chi connectivity index (χ4v) is 2.55. The highest BCUT2D eigenvalue weighted by atomic mass is 16.3. The van der Waals surface area contributed by atoms with Gasteiger partial charge in [0.2, 0.25) is 0 Å². The van der Waals surface area contributed by atoms with Crippen molar-refractivity contribution >= 4 is 0 Å². The Kier molecular flexibility index (Phi) is 5.78. The van der Waals surface area contributed by atoms with Crippen LogP contribution < -0.4 is 5.32 Å². The molecule has 0 saturated carbocycles. The minimum atomic E-state index is -0.410. The summed E-state index contributed by atoms with van der Waals surface area (Å²) in [7, 11) is 1.94. The third-order valence-corrected chi connectivity index (χ3v) is 3.70. The second kappa shape index (κ2) is 7.83. The van der Waals surface area contributed by atoms with Gasteiger partial charge in [-0.1, -0.05) is 60.7 Å². The zero-order chi connectivity index (χ0) is 14.2. The average molecular weight is 269 g/mol. The number of benzene rings is 2. The minimum Gasteiger partial charge on any atom is -0.388 e. The maximum Gasteiger partial charge on any atom is 0.0830 e. The Morgan fingerprint density at radius 2 is 1.55 bits per heavy atom. The van der Waals surface area contributed by atoms with Gasteiger partial charge >= 0.3 is 0 Å². The number of aryl methyl sites for hydroxylation is 1. The van der Waals surface area contributed by atoms with Gasteiger partial charge in [0.05, 0.1) is 6.10 Å². The van der Waals surface area contributed by atoms with Crippen molar-refractivity contribution in [2.24, 2.45) is 5.92 Å². The van der Waals surface area contributed by atoms with Crippen molar-refractivity contribution in [3.8, 4) is 0 Å². The number of rotatable bonds is 7. The van der Waals surface area contributed by atoms with Crippen molar-refractivity contribution < 1.29 is 5.11 Å². The Balaban J connectivity index is 1.99. The molecule has 0 aliphatic rings. The number of hydrogen-bond donors (Lipinski definition) is 2. The lowest BCUT2D eigenvalue weighted by Crippen LogP contribution is -2.25. The van der Waals surface area contributed by atoms with Crippen LogP contribution in [0.1, 0.15) is 23.7 Å². The Morgan fingerprint density at radius 3 is 2.15 bits per heavy atom. The summed E-state index contributed by atoms with van der Waals surface area (Å²) in [5, 5.41) is 13.7. The van der Waals surface area contributed by atoms with E-state index in [0.717, 1.165) is 24.9 Å². The lowest BCUT2D eigenvalue weighted by molar-refractivity contribution is 0.103. The van der Waals surface area contributed by atoms with E-state index in [-0.39, 0.29) is 5.92 Å². The highest BCUT2D eigenvalue weighted by molar-refractivity contribution is 5.19. The van der Waals surface area contributed by atoms with Crippen molar-refractivity contribution in [2.45, 2.75) is 18.9 Å². The summed E-state index contributed by atoms with van der Waals surface area (Å²) in [4.78, 5) is 0. The van der Waals surface area contributed by atoms with Gasteiger partial charge < -0.3 is 10.4 Å². The van der Waals surface area contributed by atoms with E-state index in [1.165, 1.54) is 5.56 Å². The summed E-state index contributed by atoms with van der Waals surface area (Å²) in [5.74, 6) is 0.225. The van der Waals surface area contributed by atoms with Crippen LogP contribution in [0.3, 0.4) is 0 Å².